The number of hydrogen-bond donors (Lipinski definition) is 1. The van der Waals surface area contributed by atoms with Gasteiger partial charge < -0.3 is 14.4 Å². The monoisotopic (exact) mass is 145 g/mol. The highest BCUT2D eigenvalue weighted by Crippen LogP contribution is 2.02. The summed E-state index contributed by atoms with van der Waals surface area (Å²) in [4.78, 5) is 1.23. The summed E-state index contributed by atoms with van der Waals surface area (Å²) in [6.45, 7) is 1.91. The van der Waals surface area contributed by atoms with Gasteiger partial charge in [-0.25, -0.2) is 0 Å². The van der Waals surface area contributed by atoms with Crippen LogP contribution in [0.3, 0.4) is 0 Å². The molecule has 1 unspecified atom stereocenters. The van der Waals surface area contributed by atoms with Crippen LogP contribution in [0.25, 0.3) is 0 Å². The molecule has 0 bridgehead atoms. The van der Waals surface area contributed by atoms with E-state index in [2.05, 4.69) is 7.05 Å². The highest BCUT2D eigenvalue weighted by Gasteiger charge is 2.31. The van der Waals surface area contributed by atoms with Gasteiger partial charge in [0.1, 0.15) is 12.2 Å². The van der Waals surface area contributed by atoms with Crippen molar-refractivity contribution >= 4 is 0 Å². The summed E-state index contributed by atoms with van der Waals surface area (Å²) in [6, 6.07) is 0. The van der Waals surface area contributed by atoms with Gasteiger partial charge in [0.05, 0.1) is 13.1 Å². The number of nitrogens with one attached hydrogen (secondary N) is 1. The largest absolute Gasteiger partial charge is 0.463 e. The Balaban J connectivity index is 2.41. The van der Waals surface area contributed by atoms with E-state index in [0.29, 0.717) is 0 Å². The Morgan fingerprint density at radius 3 is 1.90 bits per heavy atom. The lowest BCUT2D eigenvalue weighted by Crippen LogP contribution is -3.05. The number of ether oxygens (including phenoxy) is 2. The van der Waals surface area contributed by atoms with Crippen LogP contribution in [0.1, 0.15) is 0 Å². The Labute approximate surface area is 61.9 Å². The smallest absolute Gasteiger partial charge is 0.135 e. The lowest BCUT2D eigenvalue weighted by molar-refractivity contribution is -0.842. The lowest BCUT2D eigenvalue weighted by atomic mass is 10.3. The minimum Gasteiger partial charge on any atom is -0.463 e. The van der Waals surface area contributed by atoms with Gasteiger partial charge in [0, 0.05) is 14.2 Å². The standard InChI is InChI=1S/C7H15NO2/c1-8-4-6(9-2)7(5-8)10-3/h6-8H,1,4-5H2,2-3H3/t6-,7+. The molecule has 3 nitrogen and oxygen atoms in total. The Morgan fingerprint density at radius 1 is 1.20 bits per heavy atom. The predicted molar refractivity (Wildman–Crippen MR) is 37.6 cm³/mol. The normalized spacial score (nSPS) is 40.5. The molecule has 3 heteroatoms. The summed E-state index contributed by atoms with van der Waals surface area (Å²) in [6.07, 6.45) is 0.468. The van der Waals surface area contributed by atoms with Gasteiger partial charge in [-0.2, -0.15) is 7.05 Å². The second kappa shape index (κ2) is 3.32. The van der Waals surface area contributed by atoms with Gasteiger partial charge in [-0.15, -0.1) is 0 Å². The van der Waals surface area contributed by atoms with E-state index in [-0.39, 0.29) is 12.2 Å². The molecule has 1 aliphatic heterocycles. The van der Waals surface area contributed by atoms with E-state index in [0.717, 1.165) is 13.1 Å². The molecular formula is C7H15NO2. The summed E-state index contributed by atoms with van der Waals surface area (Å²) in [5.74, 6) is 0. The van der Waals surface area contributed by atoms with Gasteiger partial charge in [0.2, 0.25) is 0 Å². The van der Waals surface area contributed by atoms with Crippen molar-refractivity contribution in [1.82, 2.24) is 0 Å². The van der Waals surface area contributed by atoms with Crippen LogP contribution < -0.4 is 4.90 Å². The zero-order valence-corrected chi connectivity index (χ0v) is 6.59. The molecule has 0 amide bonds. The molecule has 1 aliphatic rings. The summed E-state index contributed by atoms with van der Waals surface area (Å²) in [5, 5.41) is 0. The maximum absolute atomic E-state index is 5.20. The number of methoxy groups -OCH3 is 2. The third-order valence-corrected chi connectivity index (χ3v) is 2.00. The molecule has 0 aliphatic carbocycles. The van der Waals surface area contributed by atoms with E-state index in [4.69, 9.17) is 9.47 Å². The first kappa shape index (κ1) is 7.98. The summed E-state index contributed by atoms with van der Waals surface area (Å²) in [7, 11) is 7.33. The number of quaternary nitrogens is 1. The quantitative estimate of drug-likeness (QED) is 0.488. The van der Waals surface area contributed by atoms with Crippen LogP contribution in [0.15, 0.2) is 0 Å². The maximum Gasteiger partial charge on any atom is 0.135 e. The summed E-state index contributed by atoms with van der Waals surface area (Å²) >= 11 is 0. The van der Waals surface area contributed by atoms with Crippen LogP contribution in [0.4, 0.5) is 0 Å². The van der Waals surface area contributed by atoms with Crippen LogP contribution in [0.2, 0.25) is 0 Å². The van der Waals surface area contributed by atoms with E-state index in [9.17, 15) is 0 Å². The molecule has 0 aromatic heterocycles. The molecule has 1 rings (SSSR count). The molecule has 1 fully saturated rings. The molecule has 10 heavy (non-hydrogen) atoms. The maximum atomic E-state index is 5.20. The van der Waals surface area contributed by atoms with Crippen LogP contribution in [-0.4, -0.2) is 39.5 Å². The van der Waals surface area contributed by atoms with Gasteiger partial charge in [0.25, 0.3) is 0 Å². The van der Waals surface area contributed by atoms with Gasteiger partial charge in [-0.3, -0.25) is 0 Å². The average molecular weight is 145 g/mol. The van der Waals surface area contributed by atoms with Gasteiger partial charge in [-0.1, -0.05) is 0 Å². The van der Waals surface area contributed by atoms with E-state index in [1.165, 1.54) is 4.90 Å². The van der Waals surface area contributed by atoms with Crippen LogP contribution in [-0.2, 0) is 9.47 Å². The first-order valence-corrected chi connectivity index (χ1v) is 3.50. The van der Waals surface area contributed by atoms with Crippen molar-refractivity contribution in [2.45, 2.75) is 12.2 Å². The number of hydrogen-bond acceptors (Lipinski definition) is 2. The predicted octanol–water partition coefficient (Wildman–Crippen LogP) is -1.29. The second-order valence-electron chi connectivity index (χ2n) is 2.71. The molecule has 0 saturated carbocycles. The minimum absolute atomic E-state index is 0.234. The third-order valence-electron chi connectivity index (χ3n) is 2.00. The van der Waals surface area contributed by atoms with Gasteiger partial charge in [-0.05, 0) is 0 Å². The van der Waals surface area contributed by atoms with E-state index in [1.807, 2.05) is 0 Å². The van der Waals surface area contributed by atoms with E-state index in [1.54, 1.807) is 14.2 Å². The van der Waals surface area contributed by atoms with Crippen molar-refractivity contribution in [1.29, 1.82) is 0 Å². The molecule has 1 saturated heterocycles. The molecule has 1 N–H and O–H groups in total. The highest BCUT2D eigenvalue weighted by molar-refractivity contribution is 4.73. The summed E-state index contributed by atoms with van der Waals surface area (Å²) in [5.41, 5.74) is 0. The number of rotatable bonds is 2. The fourth-order valence-corrected chi connectivity index (χ4v) is 1.39. The Bertz CT molecular complexity index is 95.8. The fraction of sp³-hybridized carbons (Fsp3) is 0.857. The summed E-state index contributed by atoms with van der Waals surface area (Å²) < 4.78 is 10.4. The number of likely N-dealkylation sites (tertiary alicyclic amines) is 1. The Hall–Kier alpha value is -0.120. The second-order valence-corrected chi connectivity index (χ2v) is 2.71. The molecule has 60 valence electrons. The molecule has 3 atom stereocenters. The van der Waals surface area contributed by atoms with E-state index >= 15 is 0 Å². The molecule has 0 radical (unpaired) electrons. The first-order valence-electron chi connectivity index (χ1n) is 3.50. The SMILES string of the molecule is [CH2-][NH+]1C[C@H](OC)[C@H](OC)C1. The van der Waals surface area contributed by atoms with Crippen molar-refractivity contribution in [3.05, 3.63) is 7.05 Å². The van der Waals surface area contributed by atoms with Gasteiger partial charge >= 0.3 is 0 Å². The fourth-order valence-electron chi connectivity index (χ4n) is 1.39. The zero-order chi connectivity index (χ0) is 7.56. The topological polar surface area (TPSA) is 22.9 Å². The molecule has 1 heterocycles. The van der Waals surface area contributed by atoms with Crippen LogP contribution >= 0.6 is 0 Å². The van der Waals surface area contributed by atoms with Crippen LogP contribution in [0, 0.1) is 7.05 Å². The van der Waals surface area contributed by atoms with Gasteiger partial charge in [0.15, 0.2) is 0 Å². The molecule has 0 aromatic rings. The van der Waals surface area contributed by atoms with Crippen molar-refractivity contribution in [3.63, 3.8) is 0 Å². The molecule has 0 aromatic carbocycles. The Morgan fingerprint density at radius 2 is 1.60 bits per heavy atom. The van der Waals surface area contributed by atoms with Crippen molar-refractivity contribution in [3.8, 4) is 0 Å². The van der Waals surface area contributed by atoms with Crippen molar-refractivity contribution in [2.75, 3.05) is 27.3 Å². The average Bonchev–Trinajstić information content (AvgIpc) is 2.30. The lowest BCUT2D eigenvalue weighted by Gasteiger charge is -2.11. The van der Waals surface area contributed by atoms with Crippen molar-refractivity contribution in [2.24, 2.45) is 0 Å². The van der Waals surface area contributed by atoms with Crippen molar-refractivity contribution < 1.29 is 14.4 Å². The molecule has 0 spiro atoms. The zero-order valence-electron chi connectivity index (χ0n) is 6.59. The minimum atomic E-state index is 0.234. The Kier molecular flexibility index (Phi) is 2.65. The van der Waals surface area contributed by atoms with E-state index < -0.39 is 0 Å². The third kappa shape index (κ3) is 1.48. The van der Waals surface area contributed by atoms with Crippen LogP contribution in [0.5, 0.6) is 0 Å². The first-order chi connectivity index (χ1) is 4.77. The highest BCUT2D eigenvalue weighted by atomic mass is 16.5. The molecular weight excluding hydrogens is 130 g/mol.